The van der Waals surface area contributed by atoms with Crippen molar-refractivity contribution in [3.63, 3.8) is 0 Å². The van der Waals surface area contributed by atoms with Crippen LogP contribution in [-0.2, 0) is 20.9 Å². The number of primary amides is 1. The summed E-state index contributed by atoms with van der Waals surface area (Å²) < 4.78 is 4.89. The summed E-state index contributed by atoms with van der Waals surface area (Å²) in [6.07, 6.45) is 2.36. The Bertz CT molecular complexity index is 549. The van der Waals surface area contributed by atoms with E-state index < -0.39 is 12.0 Å². The quantitative estimate of drug-likeness (QED) is 0.438. The van der Waals surface area contributed by atoms with Crippen LogP contribution in [0.25, 0.3) is 0 Å². The first-order valence-electron chi connectivity index (χ1n) is 7.67. The predicted octanol–water partition coefficient (Wildman–Crippen LogP) is 1.73. The van der Waals surface area contributed by atoms with Gasteiger partial charge in [0.15, 0.2) is 6.61 Å². The number of carbonyl (C=O) groups excluding carboxylic acids is 3. The van der Waals surface area contributed by atoms with E-state index in [0.717, 1.165) is 18.4 Å². The van der Waals surface area contributed by atoms with Crippen LogP contribution in [0.3, 0.4) is 0 Å². The van der Waals surface area contributed by atoms with Crippen LogP contribution in [0.5, 0.6) is 0 Å². The van der Waals surface area contributed by atoms with Gasteiger partial charge >= 0.3 is 12.0 Å². The molecule has 24 heavy (non-hydrogen) atoms. The van der Waals surface area contributed by atoms with Crippen LogP contribution in [0, 0.1) is 0 Å². The second-order valence-corrected chi connectivity index (χ2v) is 5.60. The maximum Gasteiger partial charge on any atom is 0.312 e. The number of benzene rings is 1. The largest absolute Gasteiger partial charge is 0.456 e. The summed E-state index contributed by atoms with van der Waals surface area (Å²) in [6, 6.07) is 6.53. The average molecular weight is 356 g/mol. The lowest BCUT2D eigenvalue weighted by molar-refractivity contribution is -0.148. The van der Waals surface area contributed by atoms with E-state index >= 15 is 0 Å². The molecule has 7 nitrogen and oxygen atoms in total. The molecule has 0 heterocycles. The third-order valence-corrected chi connectivity index (χ3v) is 3.38. The Morgan fingerprint density at radius 3 is 2.42 bits per heavy atom. The number of carbonyl (C=O) groups is 3. The molecule has 0 unspecified atom stereocenters. The Balaban J connectivity index is 2.05. The molecule has 1 aromatic carbocycles. The van der Waals surface area contributed by atoms with E-state index in [-0.39, 0.29) is 18.9 Å². The summed E-state index contributed by atoms with van der Waals surface area (Å²) in [6.45, 7) is 0.535. The highest BCUT2D eigenvalue weighted by Crippen LogP contribution is 2.09. The van der Waals surface area contributed by atoms with Gasteiger partial charge in [0.1, 0.15) is 0 Å². The minimum Gasteiger partial charge on any atom is -0.456 e. The van der Waals surface area contributed by atoms with Crippen molar-refractivity contribution < 1.29 is 19.1 Å². The van der Waals surface area contributed by atoms with Crippen LogP contribution < -0.4 is 16.4 Å². The molecular weight excluding hydrogens is 334 g/mol. The minimum absolute atomic E-state index is 0.237. The second-order valence-electron chi connectivity index (χ2n) is 5.17. The normalized spacial score (nSPS) is 10.0. The molecule has 0 aromatic heterocycles. The number of hydrogen-bond donors (Lipinski definition) is 3. The van der Waals surface area contributed by atoms with Gasteiger partial charge in [-0.15, -0.1) is 0 Å². The summed E-state index contributed by atoms with van der Waals surface area (Å²) in [5, 5.41) is 5.75. The molecule has 4 N–H and O–H groups in total. The van der Waals surface area contributed by atoms with Crippen LogP contribution >= 0.6 is 11.6 Å². The first kappa shape index (κ1) is 19.8. The molecule has 0 aliphatic heterocycles. The molecule has 132 valence electrons. The molecule has 0 spiro atoms. The van der Waals surface area contributed by atoms with E-state index in [1.807, 2.05) is 12.1 Å². The molecule has 0 saturated heterocycles. The zero-order valence-electron chi connectivity index (χ0n) is 13.3. The Hall–Kier alpha value is -2.28. The third-order valence-electron chi connectivity index (χ3n) is 3.12. The topological polar surface area (TPSA) is 111 Å². The van der Waals surface area contributed by atoms with Crippen molar-refractivity contribution >= 4 is 29.5 Å². The first-order chi connectivity index (χ1) is 11.5. The van der Waals surface area contributed by atoms with Crippen LogP contribution in [0.4, 0.5) is 4.79 Å². The van der Waals surface area contributed by atoms with E-state index in [9.17, 15) is 14.4 Å². The van der Waals surface area contributed by atoms with Crippen molar-refractivity contribution in [2.24, 2.45) is 5.73 Å². The van der Waals surface area contributed by atoms with Crippen LogP contribution in [-0.4, -0.2) is 31.1 Å². The molecule has 1 aromatic rings. The first-order valence-corrected chi connectivity index (χ1v) is 8.05. The predicted molar refractivity (Wildman–Crippen MR) is 90.3 cm³/mol. The number of hydrogen-bond acceptors (Lipinski definition) is 4. The van der Waals surface area contributed by atoms with Crippen LogP contribution in [0.15, 0.2) is 24.3 Å². The summed E-state index contributed by atoms with van der Waals surface area (Å²) in [5.74, 6) is -0.775. The molecule has 1 rings (SSSR count). The van der Waals surface area contributed by atoms with Gasteiger partial charge in [0.05, 0.1) is 0 Å². The van der Waals surface area contributed by atoms with Crippen molar-refractivity contribution in [2.75, 3.05) is 13.2 Å². The smallest absolute Gasteiger partial charge is 0.312 e. The van der Waals surface area contributed by atoms with Crippen LogP contribution in [0.2, 0.25) is 5.02 Å². The summed E-state index contributed by atoms with van der Waals surface area (Å²) in [7, 11) is 0. The van der Waals surface area contributed by atoms with Crippen molar-refractivity contribution in [3.05, 3.63) is 34.9 Å². The Morgan fingerprint density at radius 1 is 1.04 bits per heavy atom. The number of ether oxygens (including phenoxy) is 1. The van der Waals surface area contributed by atoms with Gasteiger partial charge in [-0.3, -0.25) is 9.59 Å². The number of rotatable bonds is 10. The van der Waals surface area contributed by atoms with Crippen molar-refractivity contribution in [2.45, 2.75) is 32.2 Å². The number of nitrogens with two attached hydrogens (primary N) is 1. The standard InChI is InChI=1S/C16H22ClN3O4/c17-13-7-5-12(6-8-13)10-20-14(21)11-24-15(22)4-2-1-3-9-19-16(18)23/h5-8H,1-4,9-11H2,(H,20,21)(H3,18,19,23). The fraction of sp³-hybridized carbons (Fsp3) is 0.438. The summed E-state index contributed by atoms with van der Waals surface area (Å²) in [4.78, 5) is 33.5. The minimum atomic E-state index is -0.556. The highest BCUT2D eigenvalue weighted by molar-refractivity contribution is 6.30. The lowest BCUT2D eigenvalue weighted by Crippen LogP contribution is -2.30. The lowest BCUT2D eigenvalue weighted by Gasteiger charge is -2.07. The van der Waals surface area contributed by atoms with Gasteiger partial charge in [-0.1, -0.05) is 30.2 Å². The number of amides is 3. The van der Waals surface area contributed by atoms with Crippen molar-refractivity contribution in [1.82, 2.24) is 10.6 Å². The molecule has 0 saturated carbocycles. The van der Waals surface area contributed by atoms with E-state index in [4.69, 9.17) is 22.1 Å². The fourth-order valence-electron chi connectivity index (χ4n) is 1.85. The Labute approximate surface area is 145 Å². The Kier molecular flexibility index (Phi) is 9.29. The Morgan fingerprint density at radius 2 is 1.75 bits per heavy atom. The molecule has 3 amide bonds. The van der Waals surface area contributed by atoms with Gasteiger partial charge in [0.25, 0.3) is 5.91 Å². The van der Waals surface area contributed by atoms with E-state index in [0.29, 0.717) is 24.5 Å². The number of nitrogens with one attached hydrogen (secondary N) is 2. The highest BCUT2D eigenvalue weighted by atomic mass is 35.5. The maximum atomic E-state index is 11.6. The molecule has 8 heteroatoms. The summed E-state index contributed by atoms with van der Waals surface area (Å²) >= 11 is 5.77. The van der Waals surface area contributed by atoms with Gasteiger partial charge in [0, 0.05) is 24.5 Å². The molecular formula is C16H22ClN3O4. The molecule has 0 radical (unpaired) electrons. The third kappa shape index (κ3) is 9.68. The number of halogens is 1. The van der Waals surface area contributed by atoms with Gasteiger partial charge in [0.2, 0.25) is 0 Å². The number of unbranched alkanes of at least 4 members (excludes halogenated alkanes) is 2. The monoisotopic (exact) mass is 355 g/mol. The van der Waals surface area contributed by atoms with Crippen molar-refractivity contribution in [3.8, 4) is 0 Å². The van der Waals surface area contributed by atoms with Gasteiger partial charge in [-0.25, -0.2) is 4.79 Å². The van der Waals surface area contributed by atoms with Crippen LogP contribution in [0.1, 0.15) is 31.2 Å². The summed E-state index contributed by atoms with van der Waals surface area (Å²) in [5.41, 5.74) is 5.83. The highest BCUT2D eigenvalue weighted by Gasteiger charge is 2.07. The number of urea groups is 1. The van der Waals surface area contributed by atoms with E-state index in [1.165, 1.54) is 0 Å². The maximum absolute atomic E-state index is 11.6. The molecule has 0 fully saturated rings. The molecule has 0 atom stereocenters. The number of esters is 1. The van der Waals surface area contributed by atoms with E-state index in [1.54, 1.807) is 12.1 Å². The molecule has 0 bridgehead atoms. The lowest BCUT2D eigenvalue weighted by atomic mass is 10.2. The van der Waals surface area contributed by atoms with Gasteiger partial charge in [-0.2, -0.15) is 0 Å². The SMILES string of the molecule is NC(=O)NCCCCCC(=O)OCC(=O)NCc1ccc(Cl)cc1. The zero-order chi connectivity index (χ0) is 17.8. The van der Waals surface area contributed by atoms with Gasteiger partial charge in [-0.05, 0) is 30.5 Å². The van der Waals surface area contributed by atoms with E-state index in [2.05, 4.69) is 10.6 Å². The van der Waals surface area contributed by atoms with Gasteiger partial charge < -0.3 is 21.1 Å². The van der Waals surface area contributed by atoms with Crippen molar-refractivity contribution in [1.29, 1.82) is 0 Å². The fourth-order valence-corrected chi connectivity index (χ4v) is 1.98. The molecule has 0 aliphatic rings. The zero-order valence-corrected chi connectivity index (χ0v) is 14.1. The second kappa shape index (κ2) is 11.3. The molecule has 0 aliphatic carbocycles. The average Bonchev–Trinajstić information content (AvgIpc) is 2.55.